The average molecular weight is 351 g/mol. The molecule has 0 unspecified atom stereocenters. The molecule has 0 radical (unpaired) electrons. The Morgan fingerprint density at radius 3 is 1.29 bits per heavy atom. The van der Waals surface area contributed by atoms with Crippen molar-refractivity contribution >= 4 is 16.8 Å². The number of allylic oxidation sites excluding steroid dienone is 8. The van der Waals surface area contributed by atoms with E-state index in [0.717, 1.165) is 38.5 Å². The van der Waals surface area contributed by atoms with E-state index in [-0.39, 0.29) is 5.24 Å². The van der Waals surface area contributed by atoms with Crippen LogP contribution >= 0.6 is 11.6 Å². The molecule has 0 rings (SSSR count). The normalized spacial score (nSPS) is 13.2. The molecular weight excluding hydrogens is 316 g/mol. The highest BCUT2D eigenvalue weighted by Crippen LogP contribution is 2.14. The van der Waals surface area contributed by atoms with E-state index in [4.69, 9.17) is 11.6 Å². The van der Waals surface area contributed by atoms with Gasteiger partial charge in [-0.2, -0.15) is 0 Å². The van der Waals surface area contributed by atoms with Gasteiger partial charge in [-0.3, -0.25) is 4.79 Å². The molecule has 0 fully saturated rings. The number of rotatable bonds is 12. The van der Waals surface area contributed by atoms with Gasteiger partial charge in [0.25, 0.3) is 0 Å². The zero-order valence-corrected chi connectivity index (χ0v) is 17.0. The maximum absolute atomic E-state index is 10.7. The Balaban J connectivity index is 3.98. The van der Waals surface area contributed by atoms with E-state index in [9.17, 15) is 4.79 Å². The van der Waals surface area contributed by atoms with Gasteiger partial charge in [0.2, 0.25) is 5.24 Å². The molecule has 0 N–H and O–H groups in total. The predicted molar refractivity (Wildman–Crippen MR) is 108 cm³/mol. The SMILES string of the molecule is CC(C)=CCCC(C)=CCCC(C)=CCCC(C)=CCCC(=O)Cl. The first-order valence-electron chi connectivity index (χ1n) is 9.10. The van der Waals surface area contributed by atoms with E-state index < -0.39 is 0 Å². The van der Waals surface area contributed by atoms with Gasteiger partial charge in [-0.1, -0.05) is 46.6 Å². The summed E-state index contributed by atoms with van der Waals surface area (Å²) in [6, 6.07) is 0. The molecule has 0 spiro atoms. The van der Waals surface area contributed by atoms with Gasteiger partial charge >= 0.3 is 0 Å². The van der Waals surface area contributed by atoms with Crippen molar-refractivity contribution in [3.05, 3.63) is 46.6 Å². The van der Waals surface area contributed by atoms with Crippen LogP contribution in [0.15, 0.2) is 46.6 Å². The van der Waals surface area contributed by atoms with E-state index in [1.54, 1.807) is 0 Å². The van der Waals surface area contributed by atoms with E-state index in [2.05, 4.69) is 58.9 Å². The van der Waals surface area contributed by atoms with Gasteiger partial charge in [-0.05, 0) is 91.2 Å². The molecule has 24 heavy (non-hydrogen) atoms. The lowest BCUT2D eigenvalue weighted by Gasteiger charge is -2.02. The standard InChI is InChI=1S/C22H35ClO/c1-18(2)10-6-11-19(3)12-7-13-20(4)14-8-15-21(5)16-9-17-22(23)24/h10,12,14,16H,6-9,11,13,15,17H2,1-5H3. The van der Waals surface area contributed by atoms with Crippen LogP contribution in [0.1, 0.15) is 86.0 Å². The second-order valence-electron chi connectivity index (χ2n) is 6.94. The Morgan fingerprint density at radius 1 is 0.625 bits per heavy atom. The van der Waals surface area contributed by atoms with E-state index >= 15 is 0 Å². The fourth-order valence-electron chi connectivity index (χ4n) is 2.42. The molecule has 0 saturated carbocycles. The van der Waals surface area contributed by atoms with Crippen molar-refractivity contribution in [2.75, 3.05) is 0 Å². The summed E-state index contributed by atoms with van der Waals surface area (Å²) in [4.78, 5) is 10.7. The lowest BCUT2D eigenvalue weighted by atomic mass is 10.0. The van der Waals surface area contributed by atoms with Crippen LogP contribution in [0.2, 0.25) is 0 Å². The molecule has 136 valence electrons. The Labute approximate surface area is 154 Å². The molecule has 0 aliphatic carbocycles. The first-order valence-corrected chi connectivity index (χ1v) is 9.47. The summed E-state index contributed by atoms with van der Waals surface area (Å²) in [6.07, 6.45) is 17.1. The summed E-state index contributed by atoms with van der Waals surface area (Å²) in [7, 11) is 0. The van der Waals surface area contributed by atoms with Crippen molar-refractivity contribution in [1.29, 1.82) is 0 Å². The van der Waals surface area contributed by atoms with Gasteiger partial charge in [0.05, 0.1) is 0 Å². The molecule has 0 atom stereocenters. The molecule has 0 aliphatic rings. The van der Waals surface area contributed by atoms with Crippen molar-refractivity contribution in [1.82, 2.24) is 0 Å². The van der Waals surface area contributed by atoms with Crippen LogP contribution in [-0.2, 0) is 4.79 Å². The Hall–Kier alpha value is -1.08. The van der Waals surface area contributed by atoms with E-state index in [0.29, 0.717) is 6.42 Å². The summed E-state index contributed by atoms with van der Waals surface area (Å²) in [5, 5.41) is -0.251. The van der Waals surface area contributed by atoms with Gasteiger partial charge in [0, 0.05) is 6.42 Å². The quantitative estimate of drug-likeness (QED) is 0.260. The van der Waals surface area contributed by atoms with Crippen molar-refractivity contribution in [2.45, 2.75) is 86.0 Å². The molecule has 0 heterocycles. The van der Waals surface area contributed by atoms with Crippen LogP contribution in [0.4, 0.5) is 0 Å². The number of halogens is 1. The number of hydrogen-bond acceptors (Lipinski definition) is 1. The van der Waals surface area contributed by atoms with Crippen molar-refractivity contribution in [3.63, 3.8) is 0 Å². The fourth-order valence-corrected chi connectivity index (χ4v) is 2.53. The number of carbonyl (C=O) groups is 1. The lowest BCUT2D eigenvalue weighted by molar-refractivity contribution is -0.111. The lowest BCUT2D eigenvalue weighted by Crippen LogP contribution is -1.85. The molecule has 0 aromatic rings. The Morgan fingerprint density at radius 2 is 0.958 bits per heavy atom. The van der Waals surface area contributed by atoms with Crippen molar-refractivity contribution in [3.8, 4) is 0 Å². The first kappa shape index (κ1) is 22.9. The third-order valence-corrected chi connectivity index (χ3v) is 4.18. The maximum atomic E-state index is 10.7. The molecule has 0 aromatic heterocycles. The van der Waals surface area contributed by atoms with Crippen LogP contribution in [0.3, 0.4) is 0 Å². The minimum absolute atomic E-state index is 0.251. The number of carbonyl (C=O) groups excluding carboxylic acids is 1. The third-order valence-electron chi connectivity index (χ3n) is 3.99. The molecule has 1 nitrogen and oxygen atoms in total. The highest BCUT2D eigenvalue weighted by atomic mass is 35.5. The van der Waals surface area contributed by atoms with Crippen LogP contribution in [0.5, 0.6) is 0 Å². The van der Waals surface area contributed by atoms with Gasteiger partial charge in [-0.25, -0.2) is 0 Å². The largest absolute Gasteiger partial charge is 0.281 e. The van der Waals surface area contributed by atoms with Gasteiger partial charge in [-0.15, -0.1) is 0 Å². The second kappa shape index (κ2) is 14.3. The van der Waals surface area contributed by atoms with Crippen LogP contribution in [-0.4, -0.2) is 5.24 Å². The number of hydrogen-bond donors (Lipinski definition) is 0. The summed E-state index contributed by atoms with van der Waals surface area (Å²) in [5.74, 6) is 0. The van der Waals surface area contributed by atoms with Gasteiger partial charge < -0.3 is 0 Å². The van der Waals surface area contributed by atoms with Gasteiger partial charge in [0.1, 0.15) is 0 Å². The Bertz CT molecular complexity index is 488. The molecule has 0 amide bonds. The van der Waals surface area contributed by atoms with Crippen LogP contribution < -0.4 is 0 Å². The van der Waals surface area contributed by atoms with E-state index in [1.807, 2.05) is 0 Å². The maximum Gasteiger partial charge on any atom is 0.221 e. The average Bonchev–Trinajstić information content (AvgIpc) is 2.46. The summed E-state index contributed by atoms with van der Waals surface area (Å²) >= 11 is 5.33. The highest BCUT2D eigenvalue weighted by Gasteiger charge is 1.95. The monoisotopic (exact) mass is 350 g/mol. The van der Waals surface area contributed by atoms with Crippen LogP contribution in [0, 0.1) is 0 Å². The van der Waals surface area contributed by atoms with Crippen LogP contribution in [0.25, 0.3) is 0 Å². The smallest absolute Gasteiger partial charge is 0.221 e. The van der Waals surface area contributed by atoms with Crippen molar-refractivity contribution in [2.24, 2.45) is 0 Å². The first-order chi connectivity index (χ1) is 11.3. The summed E-state index contributed by atoms with van der Waals surface area (Å²) in [5.41, 5.74) is 5.70. The zero-order valence-electron chi connectivity index (χ0n) is 16.3. The molecule has 0 aromatic carbocycles. The molecule has 0 aliphatic heterocycles. The van der Waals surface area contributed by atoms with Crippen molar-refractivity contribution < 1.29 is 4.79 Å². The minimum Gasteiger partial charge on any atom is -0.281 e. The fraction of sp³-hybridized carbons (Fsp3) is 0.591. The summed E-state index contributed by atoms with van der Waals surface area (Å²) in [6.45, 7) is 10.9. The molecule has 0 saturated heterocycles. The Kier molecular flexibility index (Phi) is 13.6. The highest BCUT2D eigenvalue weighted by molar-refractivity contribution is 6.63. The second-order valence-corrected chi connectivity index (χ2v) is 7.36. The van der Waals surface area contributed by atoms with E-state index in [1.165, 1.54) is 28.7 Å². The molecule has 2 heteroatoms. The predicted octanol–water partition coefficient (Wildman–Crippen LogP) is 7.68. The summed E-state index contributed by atoms with van der Waals surface area (Å²) < 4.78 is 0. The minimum atomic E-state index is -0.251. The zero-order chi connectivity index (χ0) is 18.4. The molecule has 0 bridgehead atoms. The van der Waals surface area contributed by atoms with Gasteiger partial charge in [0.15, 0.2) is 0 Å². The molecular formula is C22H35ClO. The third kappa shape index (κ3) is 15.8. The topological polar surface area (TPSA) is 17.1 Å².